The van der Waals surface area contributed by atoms with Crippen molar-refractivity contribution in [3.63, 3.8) is 0 Å². The maximum Gasteiger partial charge on any atom is 0.262 e. The summed E-state index contributed by atoms with van der Waals surface area (Å²) in [5, 5.41) is 3.25. The molecule has 3 N–H and O–H groups in total. The number of halogens is 1. The molecule has 6 heteroatoms. The molecule has 2 aromatic rings. The minimum Gasteiger partial charge on any atom is -0.484 e. The third kappa shape index (κ3) is 4.73. The number of hydrogen-bond acceptors (Lipinski definition) is 3. The number of ether oxygens (including phenoxy) is 1. The molecule has 0 heterocycles. The van der Waals surface area contributed by atoms with Crippen LogP contribution in [0.2, 0.25) is 5.02 Å². The summed E-state index contributed by atoms with van der Waals surface area (Å²) in [6, 6.07) is 13.8. The Kier molecular flexibility index (Phi) is 5.14. The smallest absolute Gasteiger partial charge is 0.262 e. The molecule has 1 amide bonds. The summed E-state index contributed by atoms with van der Waals surface area (Å²) in [7, 11) is 0. The number of rotatable bonds is 5. The highest BCUT2D eigenvalue weighted by molar-refractivity contribution is 7.80. The van der Waals surface area contributed by atoms with Crippen molar-refractivity contribution in [3.05, 3.63) is 59.1 Å². The molecule has 2 aromatic carbocycles. The van der Waals surface area contributed by atoms with Gasteiger partial charge in [0.15, 0.2) is 6.61 Å². The molecule has 4 nitrogen and oxygen atoms in total. The van der Waals surface area contributed by atoms with Gasteiger partial charge in [0.2, 0.25) is 0 Å². The quantitative estimate of drug-likeness (QED) is 0.831. The summed E-state index contributed by atoms with van der Waals surface area (Å²) in [6.07, 6.45) is 0. The summed E-state index contributed by atoms with van der Waals surface area (Å²) < 4.78 is 5.38. The van der Waals surface area contributed by atoms with Gasteiger partial charge in [-0.1, -0.05) is 29.9 Å². The molecule has 0 aromatic heterocycles. The predicted molar refractivity (Wildman–Crippen MR) is 87.9 cm³/mol. The van der Waals surface area contributed by atoms with Gasteiger partial charge in [0.25, 0.3) is 5.91 Å². The van der Waals surface area contributed by atoms with E-state index in [0.717, 1.165) is 5.56 Å². The number of carbonyl (C=O) groups is 1. The number of thiocarbonyl (C=S) groups is 1. The summed E-state index contributed by atoms with van der Waals surface area (Å²) in [5.74, 6) is 0.298. The van der Waals surface area contributed by atoms with E-state index in [9.17, 15) is 4.79 Å². The fourth-order valence-electron chi connectivity index (χ4n) is 1.63. The van der Waals surface area contributed by atoms with Gasteiger partial charge in [-0.3, -0.25) is 4.79 Å². The van der Waals surface area contributed by atoms with E-state index >= 15 is 0 Å². The molecule has 0 aliphatic carbocycles. The molecule has 0 bridgehead atoms. The highest BCUT2D eigenvalue weighted by atomic mass is 35.5. The zero-order chi connectivity index (χ0) is 15.2. The Morgan fingerprint density at radius 3 is 2.57 bits per heavy atom. The minimum atomic E-state index is -0.268. The molecule has 0 aliphatic rings. The lowest BCUT2D eigenvalue weighted by Gasteiger charge is -2.08. The first-order chi connectivity index (χ1) is 10.0. The molecule has 21 heavy (non-hydrogen) atoms. The third-order valence-corrected chi connectivity index (χ3v) is 3.09. The van der Waals surface area contributed by atoms with Crippen LogP contribution >= 0.6 is 23.8 Å². The van der Waals surface area contributed by atoms with Gasteiger partial charge >= 0.3 is 0 Å². The van der Waals surface area contributed by atoms with Crippen molar-refractivity contribution in [1.29, 1.82) is 0 Å². The Balaban J connectivity index is 1.87. The third-order valence-electron chi connectivity index (χ3n) is 2.62. The van der Waals surface area contributed by atoms with Crippen LogP contribution in [-0.4, -0.2) is 17.5 Å². The van der Waals surface area contributed by atoms with Gasteiger partial charge in [0, 0.05) is 16.3 Å². The molecule has 0 radical (unpaired) electrons. The molecule has 0 saturated carbocycles. The summed E-state index contributed by atoms with van der Waals surface area (Å²) in [5.41, 5.74) is 6.88. The van der Waals surface area contributed by atoms with Crippen LogP contribution in [0.5, 0.6) is 5.75 Å². The number of amides is 1. The van der Waals surface area contributed by atoms with E-state index in [-0.39, 0.29) is 12.5 Å². The van der Waals surface area contributed by atoms with Crippen LogP contribution in [0.25, 0.3) is 0 Å². The number of carbonyl (C=O) groups excluding carboxylic acids is 1. The molecule has 2 rings (SSSR count). The molecule has 0 atom stereocenters. The normalized spacial score (nSPS) is 9.95. The van der Waals surface area contributed by atoms with Gasteiger partial charge in [-0.2, -0.15) is 0 Å². The first-order valence-electron chi connectivity index (χ1n) is 6.12. The van der Waals surface area contributed by atoms with Crippen LogP contribution in [0, 0.1) is 0 Å². The van der Waals surface area contributed by atoms with Crippen LogP contribution in [0.3, 0.4) is 0 Å². The second kappa shape index (κ2) is 7.06. The first-order valence-corrected chi connectivity index (χ1v) is 6.91. The average molecular weight is 321 g/mol. The fourth-order valence-corrected chi connectivity index (χ4v) is 1.95. The monoisotopic (exact) mass is 320 g/mol. The Bertz CT molecular complexity index is 659. The molecular formula is C15H13ClN2O2S. The maximum absolute atomic E-state index is 11.8. The van der Waals surface area contributed by atoms with Gasteiger partial charge in [0.05, 0.1) is 0 Å². The predicted octanol–water partition coefficient (Wildman–Crippen LogP) is 2.99. The fraction of sp³-hybridized carbons (Fsp3) is 0.0667. The van der Waals surface area contributed by atoms with E-state index in [1.165, 1.54) is 0 Å². The SMILES string of the molecule is NC(=S)c1ccc(OCC(=O)Nc2cccc(Cl)c2)cc1. The van der Waals surface area contributed by atoms with E-state index in [1.54, 1.807) is 48.5 Å². The van der Waals surface area contributed by atoms with Crippen molar-refractivity contribution in [2.45, 2.75) is 0 Å². The minimum absolute atomic E-state index is 0.0983. The van der Waals surface area contributed by atoms with Gasteiger partial charge in [-0.25, -0.2) is 0 Å². The van der Waals surface area contributed by atoms with Crippen LogP contribution in [0.4, 0.5) is 5.69 Å². The van der Waals surface area contributed by atoms with Crippen molar-refractivity contribution in [1.82, 2.24) is 0 Å². The van der Waals surface area contributed by atoms with Crippen LogP contribution in [0.1, 0.15) is 5.56 Å². The first kappa shape index (κ1) is 15.3. The summed E-state index contributed by atoms with van der Waals surface area (Å²) in [6.45, 7) is -0.0983. The van der Waals surface area contributed by atoms with Crippen LogP contribution in [-0.2, 0) is 4.79 Å². The Morgan fingerprint density at radius 2 is 1.95 bits per heavy atom. The topological polar surface area (TPSA) is 64.3 Å². The number of hydrogen-bond donors (Lipinski definition) is 2. The molecule has 0 aliphatic heterocycles. The maximum atomic E-state index is 11.8. The zero-order valence-corrected chi connectivity index (χ0v) is 12.6. The Hall–Kier alpha value is -2.11. The van der Waals surface area contributed by atoms with E-state index in [1.807, 2.05) is 0 Å². The van der Waals surface area contributed by atoms with E-state index in [4.69, 9.17) is 34.3 Å². The average Bonchev–Trinajstić information content (AvgIpc) is 2.45. The van der Waals surface area contributed by atoms with Gasteiger partial charge in [0.1, 0.15) is 10.7 Å². The lowest BCUT2D eigenvalue weighted by atomic mass is 10.2. The van der Waals surface area contributed by atoms with Crippen molar-refractivity contribution in [2.75, 3.05) is 11.9 Å². The van der Waals surface area contributed by atoms with Crippen molar-refractivity contribution in [3.8, 4) is 5.75 Å². The second-order valence-corrected chi connectivity index (χ2v) is 5.11. The summed E-state index contributed by atoms with van der Waals surface area (Å²) >= 11 is 10.7. The van der Waals surface area contributed by atoms with Gasteiger partial charge in [-0.15, -0.1) is 0 Å². The van der Waals surface area contributed by atoms with Crippen molar-refractivity contribution >= 4 is 40.4 Å². The number of anilines is 1. The van der Waals surface area contributed by atoms with E-state index in [2.05, 4.69) is 5.32 Å². The van der Waals surface area contributed by atoms with E-state index in [0.29, 0.717) is 21.4 Å². The molecule has 0 unspecified atom stereocenters. The standard InChI is InChI=1S/C15H13ClN2O2S/c16-11-2-1-3-12(8-11)18-14(19)9-20-13-6-4-10(5-7-13)15(17)21/h1-8H,9H2,(H2,17,21)(H,18,19). The molecular weight excluding hydrogens is 308 g/mol. The highest BCUT2D eigenvalue weighted by Crippen LogP contribution is 2.15. The van der Waals surface area contributed by atoms with Crippen LogP contribution in [0.15, 0.2) is 48.5 Å². The van der Waals surface area contributed by atoms with Crippen LogP contribution < -0.4 is 15.8 Å². The van der Waals surface area contributed by atoms with Gasteiger partial charge in [-0.05, 0) is 42.5 Å². The van der Waals surface area contributed by atoms with Crippen molar-refractivity contribution < 1.29 is 9.53 Å². The van der Waals surface area contributed by atoms with Crippen molar-refractivity contribution in [2.24, 2.45) is 5.73 Å². The molecule has 108 valence electrons. The number of nitrogens with two attached hydrogens (primary N) is 1. The highest BCUT2D eigenvalue weighted by Gasteiger charge is 2.04. The lowest BCUT2D eigenvalue weighted by molar-refractivity contribution is -0.118. The Morgan fingerprint density at radius 1 is 1.24 bits per heavy atom. The number of benzene rings is 2. The molecule has 0 fully saturated rings. The van der Waals surface area contributed by atoms with Gasteiger partial charge < -0.3 is 15.8 Å². The van der Waals surface area contributed by atoms with E-state index < -0.39 is 0 Å². The zero-order valence-electron chi connectivity index (χ0n) is 11.0. The summed E-state index contributed by atoms with van der Waals surface area (Å²) in [4.78, 5) is 12.1. The molecule has 0 spiro atoms. The second-order valence-electron chi connectivity index (χ2n) is 4.24. The largest absolute Gasteiger partial charge is 0.484 e. The number of nitrogens with one attached hydrogen (secondary N) is 1. The molecule has 0 saturated heterocycles. The lowest BCUT2D eigenvalue weighted by Crippen LogP contribution is -2.20. The Labute approximate surface area is 132 Å².